The lowest BCUT2D eigenvalue weighted by Gasteiger charge is -2.14. The van der Waals surface area contributed by atoms with E-state index in [1.54, 1.807) is 6.07 Å². The number of fused-ring (bicyclic) bond motifs is 1. The zero-order chi connectivity index (χ0) is 14.3. The van der Waals surface area contributed by atoms with Crippen molar-refractivity contribution >= 4 is 10.9 Å². The number of nitrogens with zero attached hydrogens (tertiary/aromatic N) is 1. The molecule has 1 aromatic heterocycles. The molecule has 1 unspecified atom stereocenters. The molecule has 1 fully saturated rings. The molecule has 0 saturated carbocycles. The molecule has 0 bridgehead atoms. The molecule has 7 heteroatoms. The quantitative estimate of drug-likeness (QED) is 0.842. The first-order valence-electron chi connectivity index (χ1n) is 6.27. The van der Waals surface area contributed by atoms with Crippen molar-refractivity contribution in [1.29, 1.82) is 0 Å². The van der Waals surface area contributed by atoms with Crippen LogP contribution in [-0.2, 0) is 6.18 Å². The maximum absolute atomic E-state index is 13.0. The van der Waals surface area contributed by atoms with E-state index in [4.69, 9.17) is 0 Å². The highest BCUT2D eigenvalue weighted by molar-refractivity contribution is 5.84. The fourth-order valence-corrected chi connectivity index (χ4v) is 2.65. The first-order valence-corrected chi connectivity index (χ1v) is 6.27. The Morgan fingerprint density at radius 1 is 1.30 bits per heavy atom. The van der Waals surface area contributed by atoms with Crippen molar-refractivity contribution in [3.63, 3.8) is 0 Å². The third-order valence-electron chi connectivity index (χ3n) is 3.56. The Kier molecular flexibility index (Phi) is 3.01. The minimum absolute atomic E-state index is 0.0108. The van der Waals surface area contributed by atoms with Gasteiger partial charge >= 0.3 is 11.9 Å². The van der Waals surface area contributed by atoms with Gasteiger partial charge in [-0.3, -0.25) is 0 Å². The van der Waals surface area contributed by atoms with Gasteiger partial charge in [0.05, 0.1) is 11.1 Å². The van der Waals surface area contributed by atoms with Crippen LogP contribution >= 0.6 is 0 Å². The fraction of sp³-hybridized carbons (Fsp3) is 0.385. The lowest BCUT2D eigenvalue weighted by atomic mass is 9.98. The van der Waals surface area contributed by atoms with Gasteiger partial charge in [-0.1, -0.05) is 12.1 Å². The highest BCUT2D eigenvalue weighted by Gasteiger charge is 2.34. The second-order valence-corrected chi connectivity index (χ2v) is 4.84. The molecule has 3 rings (SSSR count). The van der Waals surface area contributed by atoms with Gasteiger partial charge in [0.2, 0.25) is 0 Å². The van der Waals surface area contributed by atoms with E-state index in [0.29, 0.717) is 17.6 Å². The Hall–Kier alpha value is -1.89. The van der Waals surface area contributed by atoms with Crippen molar-refractivity contribution < 1.29 is 13.2 Å². The summed E-state index contributed by atoms with van der Waals surface area (Å²) in [5, 5.41) is 3.50. The summed E-state index contributed by atoms with van der Waals surface area (Å²) >= 11 is 0. The van der Waals surface area contributed by atoms with Gasteiger partial charge in [0, 0.05) is 23.5 Å². The summed E-state index contributed by atoms with van der Waals surface area (Å²) in [7, 11) is 0. The lowest BCUT2D eigenvalue weighted by Crippen LogP contribution is -2.19. The first-order chi connectivity index (χ1) is 9.47. The summed E-state index contributed by atoms with van der Waals surface area (Å²) in [4.78, 5) is 17.7. The Morgan fingerprint density at radius 2 is 2.10 bits per heavy atom. The number of alkyl halides is 3. The molecule has 0 amide bonds. The molecule has 1 aliphatic rings. The lowest BCUT2D eigenvalue weighted by molar-refractivity contribution is -0.136. The average molecular weight is 283 g/mol. The van der Waals surface area contributed by atoms with E-state index < -0.39 is 17.4 Å². The number of hydrogen-bond acceptors (Lipinski definition) is 3. The van der Waals surface area contributed by atoms with E-state index in [2.05, 4.69) is 15.3 Å². The zero-order valence-electron chi connectivity index (χ0n) is 10.4. The Morgan fingerprint density at radius 3 is 2.75 bits per heavy atom. The number of rotatable bonds is 1. The molecular formula is C13H12F3N3O. The van der Waals surface area contributed by atoms with Gasteiger partial charge in [0.15, 0.2) is 0 Å². The van der Waals surface area contributed by atoms with Crippen molar-refractivity contribution in [3.05, 3.63) is 39.9 Å². The number of halogens is 3. The van der Waals surface area contributed by atoms with Gasteiger partial charge in [-0.05, 0) is 19.0 Å². The maximum Gasteiger partial charge on any atom is 0.418 e. The number of aromatic amines is 1. The minimum atomic E-state index is -4.52. The number of aromatic nitrogens is 2. The van der Waals surface area contributed by atoms with Crippen molar-refractivity contribution in [2.45, 2.75) is 18.5 Å². The molecule has 1 aromatic carbocycles. The molecule has 2 heterocycles. The van der Waals surface area contributed by atoms with Crippen LogP contribution in [0.1, 0.15) is 23.6 Å². The summed E-state index contributed by atoms with van der Waals surface area (Å²) < 4.78 is 39.0. The SMILES string of the molecule is O=c1nc2c(C(F)(F)F)cccc2c(C2CCNC2)[nH]1. The van der Waals surface area contributed by atoms with E-state index in [-0.39, 0.29) is 11.4 Å². The highest BCUT2D eigenvalue weighted by Crippen LogP contribution is 2.35. The van der Waals surface area contributed by atoms with Crippen molar-refractivity contribution in [1.82, 2.24) is 15.3 Å². The predicted molar refractivity (Wildman–Crippen MR) is 67.6 cm³/mol. The number of nitrogens with one attached hydrogen (secondary N) is 2. The van der Waals surface area contributed by atoms with E-state index in [1.165, 1.54) is 6.07 Å². The van der Waals surface area contributed by atoms with Gasteiger partial charge in [0.25, 0.3) is 0 Å². The summed E-state index contributed by atoms with van der Waals surface area (Å²) in [6, 6.07) is 3.86. The molecule has 1 aliphatic heterocycles. The second kappa shape index (κ2) is 4.59. The van der Waals surface area contributed by atoms with Gasteiger partial charge in [-0.25, -0.2) is 4.79 Å². The fourth-order valence-electron chi connectivity index (χ4n) is 2.65. The summed E-state index contributed by atoms with van der Waals surface area (Å²) in [5.41, 5.74) is -1.34. The van der Waals surface area contributed by atoms with Crippen molar-refractivity contribution in [3.8, 4) is 0 Å². The second-order valence-electron chi connectivity index (χ2n) is 4.84. The number of para-hydroxylation sites is 1. The Balaban J connectivity index is 2.30. The first kappa shape index (κ1) is 13.1. The van der Waals surface area contributed by atoms with Crippen LogP contribution in [0.25, 0.3) is 10.9 Å². The van der Waals surface area contributed by atoms with Gasteiger partial charge < -0.3 is 10.3 Å². The smallest absolute Gasteiger partial charge is 0.316 e. The summed E-state index contributed by atoms with van der Waals surface area (Å²) in [6.45, 7) is 1.43. The van der Waals surface area contributed by atoms with Crippen LogP contribution in [0.5, 0.6) is 0 Å². The number of benzene rings is 1. The normalized spacial score (nSPS) is 19.6. The molecule has 1 atom stereocenters. The summed E-state index contributed by atoms with van der Waals surface area (Å²) in [5.74, 6) is 0.0108. The van der Waals surface area contributed by atoms with Gasteiger partial charge in [0.1, 0.15) is 0 Å². The van der Waals surface area contributed by atoms with E-state index in [0.717, 1.165) is 19.0 Å². The molecule has 2 aromatic rings. The van der Waals surface area contributed by atoms with Crippen LogP contribution in [0.3, 0.4) is 0 Å². The van der Waals surface area contributed by atoms with E-state index in [9.17, 15) is 18.0 Å². The monoisotopic (exact) mass is 283 g/mol. The maximum atomic E-state index is 13.0. The topological polar surface area (TPSA) is 57.8 Å². The molecule has 0 radical (unpaired) electrons. The van der Waals surface area contributed by atoms with E-state index in [1.807, 2.05) is 0 Å². The van der Waals surface area contributed by atoms with Crippen LogP contribution in [0, 0.1) is 0 Å². The molecule has 106 valence electrons. The predicted octanol–water partition coefficient (Wildman–Crippen LogP) is 2.02. The molecular weight excluding hydrogens is 271 g/mol. The molecule has 1 saturated heterocycles. The van der Waals surface area contributed by atoms with Crippen LogP contribution in [0.4, 0.5) is 13.2 Å². The standard InChI is InChI=1S/C13H12F3N3O/c14-13(15,16)9-3-1-2-8-10(7-4-5-17-6-7)18-12(20)19-11(8)9/h1-3,7,17H,4-6H2,(H,18,19,20). The Bertz CT molecular complexity index is 702. The molecule has 20 heavy (non-hydrogen) atoms. The van der Waals surface area contributed by atoms with Crippen LogP contribution in [0.2, 0.25) is 0 Å². The summed E-state index contributed by atoms with van der Waals surface area (Å²) in [6.07, 6.45) is -3.74. The van der Waals surface area contributed by atoms with Crippen molar-refractivity contribution in [2.75, 3.05) is 13.1 Å². The third-order valence-corrected chi connectivity index (χ3v) is 3.56. The van der Waals surface area contributed by atoms with Crippen LogP contribution < -0.4 is 11.0 Å². The molecule has 4 nitrogen and oxygen atoms in total. The third kappa shape index (κ3) is 2.18. The van der Waals surface area contributed by atoms with Crippen LogP contribution in [-0.4, -0.2) is 23.1 Å². The largest absolute Gasteiger partial charge is 0.418 e. The van der Waals surface area contributed by atoms with Gasteiger partial charge in [-0.2, -0.15) is 18.2 Å². The number of hydrogen-bond donors (Lipinski definition) is 2. The zero-order valence-corrected chi connectivity index (χ0v) is 10.4. The van der Waals surface area contributed by atoms with Gasteiger partial charge in [-0.15, -0.1) is 0 Å². The molecule has 2 N–H and O–H groups in total. The highest BCUT2D eigenvalue weighted by atomic mass is 19.4. The molecule has 0 spiro atoms. The van der Waals surface area contributed by atoms with Crippen LogP contribution in [0.15, 0.2) is 23.0 Å². The van der Waals surface area contributed by atoms with E-state index >= 15 is 0 Å². The number of H-pyrrole nitrogens is 1. The Labute approximate surface area is 112 Å². The molecule has 0 aliphatic carbocycles. The average Bonchev–Trinajstić information content (AvgIpc) is 2.89. The van der Waals surface area contributed by atoms with Crippen molar-refractivity contribution in [2.24, 2.45) is 0 Å². The minimum Gasteiger partial charge on any atom is -0.316 e.